The molecular formula is C73H96N8O23. The largest absolute Gasteiger partial charge is 0.481 e. The first kappa shape index (κ1) is 80.0. The predicted molar refractivity (Wildman–Crippen MR) is 368 cm³/mol. The van der Waals surface area contributed by atoms with Gasteiger partial charge in [-0.2, -0.15) is 0 Å². The molecule has 31 nitrogen and oxygen atoms in total. The molecule has 0 aromatic heterocycles. The van der Waals surface area contributed by atoms with Gasteiger partial charge in [0.15, 0.2) is 11.4 Å². The number of ketones is 1. The summed E-state index contributed by atoms with van der Waals surface area (Å²) < 4.78 is 55.5. The summed E-state index contributed by atoms with van der Waals surface area (Å²) in [6.45, 7) is 14.9. The summed E-state index contributed by atoms with van der Waals surface area (Å²) in [5.74, 6) is -8.66. The molecule has 9 N–H and O–H groups in total. The van der Waals surface area contributed by atoms with E-state index in [9.17, 15) is 53.1 Å². The molecule has 3 aromatic carbocycles. The van der Waals surface area contributed by atoms with Gasteiger partial charge in [-0.3, -0.25) is 28.8 Å². The number of hydrogen-bond acceptors (Lipinski definition) is 22. The molecule has 566 valence electrons. The summed E-state index contributed by atoms with van der Waals surface area (Å²) in [6.07, 6.45) is -12.9. The Labute approximate surface area is 602 Å². The Morgan fingerprint density at radius 1 is 0.788 bits per heavy atom. The fraction of sp³-hybridized carbons (Fsp3) is 0.562. The number of carbonyl (C=O) groups excluding carboxylic acids is 11. The van der Waals surface area contributed by atoms with Crippen molar-refractivity contribution >= 4 is 77.4 Å². The molecule has 104 heavy (non-hydrogen) atoms. The Morgan fingerprint density at radius 3 is 1.97 bits per heavy atom. The summed E-state index contributed by atoms with van der Waals surface area (Å²) in [5, 5.41) is 36.3. The maximum atomic E-state index is 16.0. The molecule has 13 atom stereocenters. The molecule has 2 bridgehead atoms. The van der Waals surface area contributed by atoms with Gasteiger partial charge in [0.25, 0.3) is 0 Å². The van der Waals surface area contributed by atoms with Gasteiger partial charge < -0.3 is 95.0 Å². The van der Waals surface area contributed by atoms with Crippen molar-refractivity contribution in [1.82, 2.24) is 31.1 Å². The van der Waals surface area contributed by atoms with Crippen LogP contribution < -0.4 is 32.3 Å². The molecule has 8 amide bonds. The second-order valence-electron chi connectivity index (χ2n) is 28.7. The van der Waals surface area contributed by atoms with Crippen molar-refractivity contribution in [3.05, 3.63) is 113 Å². The number of urea groups is 1. The van der Waals surface area contributed by atoms with Gasteiger partial charge in [-0.1, -0.05) is 88.4 Å². The summed E-state index contributed by atoms with van der Waals surface area (Å²) >= 11 is 0. The minimum atomic E-state index is -2.39. The number of Topliss-reactive ketones (excluding diaryl/α,β-unsaturated/α-hetero) is 1. The Hall–Kier alpha value is -9.72. The van der Waals surface area contributed by atoms with E-state index < -0.39 is 179 Å². The highest BCUT2D eigenvalue weighted by molar-refractivity contribution is 5.99. The van der Waals surface area contributed by atoms with E-state index in [-0.39, 0.29) is 99.6 Å². The third-order valence-electron chi connectivity index (χ3n) is 20.1. The number of primary amides is 1. The Balaban J connectivity index is 1.02. The van der Waals surface area contributed by atoms with E-state index in [0.29, 0.717) is 5.56 Å². The van der Waals surface area contributed by atoms with Crippen LogP contribution in [0, 0.1) is 22.7 Å². The van der Waals surface area contributed by atoms with Crippen LogP contribution in [0.5, 0.6) is 0 Å². The number of amides is 8. The fourth-order valence-electron chi connectivity index (χ4n) is 14.6. The molecule has 3 aromatic rings. The number of nitrogens with two attached hydrogens (primary N) is 1. The molecule has 3 aliphatic carbocycles. The third kappa shape index (κ3) is 17.9. The van der Waals surface area contributed by atoms with E-state index >= 15 is 9.59 Å². The lowest BCUT2D eigenvalue weighted by molar-refractivity contribution is -0.347. The van der Waals surface area contributed by atoms with Crippen LogP contribution in [0.3, 0.4) is 0 Å². The number of aliphatic carboxylic acids is 1. The molecule has 31 heteroatoms. The first-order valence-corrected chi connectivity index (χ1v) is 34.5. The predicted octanol–water partition coefficient (Wildman–Crippen LogP) is 5.54. The molecule has 8 rings (SSSR count). The summed E-state index contributed by atoms with van der Waals surface area (Å²) in [6, 6.07) is 17.5. The van der Waals surface area contributed by atoms with Crippen LogP contribution in [0.15, 0.2) is 96.1 Å². The van der Waals surface area contributed by atoms with Gasteiger partial charge in [0, 0.05) is 84.2 Å². The molecule has 2 saturated carbocycles. The number of carbonyl (C=O) groups is 12. The van der Waals surface area contributed by atoms with Crippen molar-refractivity contribution in [1.29, 1.82) is 0 Å². The molecule has 2 heterocycles. The second-order valence-corrected chi connectivity index (χ2v) is 28.7. The Kier molecular flexibility index (Phi) is 25.7. The van der Waals surface area contributed by atoms with Crippen LogP contribution in [0.1, 0.15) is 135 Å². The first-order valence-electron chi connectivity index (χ1n) is 34.5. The van der Waals surface area contributed by atoms with Crippen LogP contribution in [0.4, 0.5) is 24.9 Å². The van der Waals surface area contributed by atoms with E-state index in [4.69, 9.17) is 53.5 Å². The zero-order valence-corrected chi connectivity index (χ0v) is 60.6. The number of rotatable bonds is 26. The average Bonchev–Trinajstić information content (AvgIpc) is 0.668. The average molecular weight is 1450 g/mol. The van der Waals surface area contributed by atoms with Gasteiger partial charge in [-0.05, 0) is 99.9 Å². The molecule has 0 radical (unpaired) electrons. The van der Waals surface area contributed by atoms with Crippen LogP contribution >= 0.6 is 0 Å². The van der Waals surface area contributed by atoms with Crippen LogP contribution in [0.25, 0.3) is 0 Å². The van der Waals surface area contributed by atoms with Crippen LogP contribution in [0.2, 0.25) is 0 Å². The van der Waals surface area contributed by atoms with Crippen molar-refractivity contribution in [2.24, 2.45) is 28.4 Å². The minimum absolute atomic E-state index is 0.0289. The van der Waals surface area contributed by atoms with E-state index in [1.165, 1.54) is 55.2 Å². The number of aliphatic hydroxyl groups is 1. The maximum Gasteiger partial charge on any atom is 0.410 e. The van der Waals surface area contributed by atoms with Crippen molar-refractivity contribution in [2.45, 2.75) is 186 Å². The Bertz CT molecular complexity index is 3710. The van der Waals surface area contributed by atoms with Crippen molar-refractivity contribution in [3.8, 4) is 0 Å². The van der Waals surface area contributed by atoms with E-state index in [0.717, 1.165) is 0 Å². The monoisotopic (exact) mass is 1450 g/mol. The number of benzene rings is 3. The number of piperazine rings is 1. The number of esters is 3. The van der Waals surface area contributed by atoms with Crippen LogP contribution in [-0.2, 0) is 82.8 Å². The lowest BCUT2D eigenvalue weighted by Gasteiger charge is -2.67. The lowest BCUT2D eigenvalue weighted by Crippen LogP contribution is -2.82. The molecule has 5 aliphatic rings. The molecule has 0 spiro atoms. The zero-order valence-electron chi connectivity index (χ0n) is 60.6. The normalized spacial score (nSPS) is 25.2. The second kappa shape index (κ2) is 33.4. The number of alkyl carbamates (subject to hydrolysis) is 1. The standard InChI is InChI=1S/C73H96N8O23/c1-40(2)54(78-51(83)29-30-52(84)85)62(88)77-47(24-19-31-75-65(74)91)61(87)76-46-27-25-43(26-28-46)38-98-67(93)80-32-34-81(35-33-80)68(94)101-57(55(44-20-15-13-16-21-44)79-66(92)104-69(5,6)7)64(90)100-48-37-73(95)60(102-63(89)45-22-17-14-18-23-45)58-71(10,59(86)56(97-12)53(41(48)3)70(73,8)9)49(96-11)36-50-72(58,39-99-50)103-42(4)82/h13-18,20-23,25-28,40,47-50,54-58,60,95H,19,24,29-39H2,1-12H3,(H,76,87)(H,77,88)(H,78,83)(H,79,92)(H,84,85)(H3,74,75,91)/t47-,48-,49-,50+,54-,55-,56+,57+,58-,60-,71+,72-,73+/m0/s1. The van der Waals surface area contributed by atoms with E-state index in [1.807, 2.05) is 0 Å². The van der Waals surface area contributed by atoms with Crippen molar-refractivity contribution in [3.63, 3.8) is 0 Å². The molecule has 0 unspecified atom stereocenters. The fourth-order valence-corrected chi connectivity index (χ4v) is 14.6. The van der Waals surface area contributed by atoms with Crippen molar-refractivity contribution < 1.29 is 110 Å². The van der Waals surface area contributed by atoms with Gasteiger partial charge in [-0.15, -0.1) is 0 Å². The highest BCUT2D eigenvalue weighted by Crippen LogP contribution is 2.65. The van der Waals surface area contributed by atoms with Crippen molar-refractivity contribution in [2.75, 3.05) is 58.9 Å². The molecule has 2 saturated heterocycles. The first-order chi connectivity index (χ1) is 49.0. The zero-order chi connectivity index (χ0) is 76.4. The lowest BCUT2D eigenvalue weighted by atomic mass is 9.44. The SMILES string of the molecule is CO[C@H]1C(=O)[C@]2(C)[C@@H](OC)C[C@H]3OC[C@@]3(OC(C)=O)[C@H]2[C@H](OC(=O)c2ccccc2)[C@]2(O)C[C@H](OC(=O)[C@H](OC(=O)N3CCN(C(=O)OCc4ccc(NC(=O)[C@H](CCCNC(N)=O)NC(=O)[C@@H](NC(=O)CCC(=O)O)C(C)C)cc4)CC3)[C@@H](NC(=O)OC(C)(C)C)c3ccccc3)C(C)=C1C2(C)C. The highest BCUT2D eigenvalue weighted by Gasteiger charge is 2.78. The number of ether oxygens (including phenoxy) is 9. The van der Waals surface area contributed by atoms with E-state index in [2.05, 4.69) is 26.6 Å². The van der Waals surface area contributed by atoms with Gasteiger partial charge in [0.1, 0.15) is 60.4 Å². The van der Waals surface area contributed by atoms with Gasteiger partial charge in [0.05, 0.1) is 36.0 Å². The Morgan fingerprint density at radius 2 is 1.41 bits per heavy atom. The maximum absolute atomic E-state index is 16.0. The smallest absolute Gasteiger partial charge is 0.410 e. The summed E-state index contributed by atoms with van der Waals surface area (Å²) in [7, 11) is 2.71. The minimum Gasteiger partial charge on any atom is -0.481 e. The number of carboxylic acids is 1. The molecular weight excluding hydrogens is 1360 g/mol. The van der Waals surface area contributed by atoms with Crippen LogP contribution in [-0.4, -0.2) is 211 Å². The highest BCUT2D eigenvalue weighted by atomic mass is 16.6. The van der Waals surface area contributed by atoms with E-state index in [1.54, 1.807) is 123 Å². The number of hydrogen-bond donors (Lipinski definition) is 8. The third-order valence-corrected chi connectivity index (χ3v) is 20.1. The topological polar surface area (TPSA) is 421 Å². The quantitative estimate of drug-likeness (QED) is 0.0211. The number of carboxylic acid groups (broad SMARTS) is 1. The number of nitrogens with one attached hydrogen (secondary N) is 5. The van der Waals surface area contributed by atoms with Gasteiger partial charge >= 0.3 is 48.2 Å². The number of anilines is 1. The van der Waals surface area contributed by atoms with Gasteiger partial charge in [-0.25, -0.2) is 28.8 Å². The molecule has 4 fully saturated rings. The number of fused-ring (bicyclic) bond motifs is 5. The molecule has 2 aliphatic heterocycles. The number of methoxy groups -OCH3 is 2. The number of nitrogens with zero attached hydrogens (tertiary/aromatic N) is 2. The summed E-state index contributed by atoms with van der Waals surface area (Å²) in [4.78, 5) is 167. The summed E-state index contributed by atoms with van der Waals surface area (Å²) in [5.41, 5.74) is -1.90. The van der Waals surface area contributed by atoms with Gasteiger partial charge in [0.2, 0.25) is 23.8 Å².